The zero-order valence-corrected chi connectivity index (χ0v) is 14.6. The van der Waals surface area contributed by atoms with E-state index in [1.165, 1.54) is 11.1 Å². The molecule has 100 valence electrons. The van der Waals surface area contributed by atoms with Gasteiger partial charge in [-0.2, -0.15) is 0 Å². The molecular weight excluding hydrogens is 389 g/mol. The van der Waals surface area contributed by atoms with Gasteiger partial charge in [0.25, 0.3) is 0 Å². The molecule has 1 atom stereocenters. The summed E-state index contributed by atoms with van der Waals surface area (Å²) in [4.78, 5) is 0. The van der Waals surface area contributed by atoms with Crippen LogP contribution in [0.4, 0.5) is 0 Å². The largest absolute Gasteiger partial charge is 0.320 e. The Kier molecular flexibility index (Phi) is 4.72. The molecule has 0 fully saturated rings. The van der Waals surface area contributed by atoms with Crippen molar-refractivity contribution in [2.24, 2.45) is 5.73 Å². The summed E-state index contributed by atoms with van der Waals surface area (Å²) < 4.78 is 2.04. The third kappa shape index (κ3) is 3.22. The molecule has 2 rings (SSSR count). The Morgan fingerprint density at radius 1 is 0.947 bits per heavy atom. The Balaban J connectivity index is 2.49. The first-order valence-corrected chi connectivity index (χ1v) is 7.83. The van der Waals surface area contributed by atoms with E-state index in [9.17, 15) is 0 Å². The van der Waals surface area contributed by atoms with Crippen molar-refractivity contribution in [1.29, 1.82) is 0 Å². The molecule has 2 aromatic rings. The third-order valence-corrected chi connectivity index (χ3v) is 4.96. The van der Waals surface area contributed by atoms with Crippen LogP contribution in [0, 0.1) is 13.8 Å². The molecule has 0 saturated carbocycles. The van der Waals surface area contributed by atoms with Crippen molar-refractivity contribution in [1.82, 2.24) is 0 Å². The highest BCUT2D eigenvalue weighted by atomic mass is 79.9. The van der Waals surface area contributed by atoms with Gasteiger partial charge < -0.3 is 5.73 Å². The Morgan fingerprint density at radius 2 is 1.63 bits per heavy atom. The maximum absolute atomic E-state index is 6.40. The molecule has 0 saturated heterocycles. The smallest absolute Gasteiger partial charge is 0.0565 e. The number of nitrogens with two attached hydrogens (primary N) is 1. The van der Waals surface area contributed by atoms with Gasteiger partial charge in [-0.05, 0) is 54.3 Å². The van der Waals surface area contributed by atoms with E-state index in [1.54, 1.807) is 0 Å². The van der Waals surface area contributed by atoms with E-state index in [2.05, 4.69) is 57.8 Å². The second-order valence-corrected chi connectivity index (χ2v) is 6.75. The lowest BCUT2D eigenvalue weighted by Gasteiger charge is -2.18. The summed E-state index contributed by atoms with van der Waals surface area (Å²) in [5.74, 6) is 0. The highest BCUT2D eigenvalue weighted by Gasteiger charge is 2.15. The maximum Gasteiger partial charge on any atom is 0.0565 e. The fourth-order valence-corrected chi connectivity index (χ4v) is 3.45. The molecular formula is C15H14Br2ClN. The van der Waals surface area contributed by atoms with Gasteiger partial charge in [0.2, 0.25) is 0 Å². The summed E-state index contributed by atoms with van der Waals surface area (Å²) in [6.45, 7) is 4.14. The molecule has 0 bridgehead atoms. The van der Waals surface area contributed by atoms with Crippen LogP contribution in [0.3, 0.4) is 0 Å². The highest BCUT2D eigenvalue weighted by molar-refractivity contribution is 9.10. The monoisotopic (exact) mass is 401 g/mol. The quantitative estimate of drug-likeness (QED) is 0.701. The average molecular weight is 404 g/mol. The Bertz CT molecular complexity index is 626. The van der Waals surface area contributed by atoms with E-state index in [1.807, 2.05) is 18.2 Å². The molecule has 0 radical (unpaired) electrons. The highest BCUT2D eigenvalue weighted by Crippen LogP contribution is 2.32. The van der Waals surface area contributed by atoms with Crippen molar-refractivity contribution in [3.05, 3.63) is 66.6 Å². The first kappa shape index (κ1) is 15.0. The molecule has 1 unspecified atom stereocenters. The molecule has 0 aliphatic rings. The van der Waals surface area contributed by atoms with Crippen LogP contribution in [-0.2, 0) is 0 Å². The van der Waals surface area contributed by atoms with Gasteiger partial charge in [-0.25, -0.2) is 0 Å². The van der Waals surface area contributed by atoms with Crippen molar-refractivity contribution in [2.75, 3.05) is 0 Å². The van der Waals surface area contributed by atoms with Crippen LogP contribution in [0.25, 0.3) is 0 Å². The molecule has 19 heavy (non-hydrogen) atoms. The lowest BCUT2D eigenvalue weighted by atomic mass is 9.94. The average Bonchev–Trinajstić information content (AvgIpc) is 2.33. The van der Waals surface area contributed by atoms with Gasteiger partial charge >= 0.3 is 0 Å². The minimum atomic E-state index is -0.168. The fourth-order valence-electron chi connectivity index (χ4n) is 2.06. The number of aryl methyl sites for hydroxylation is 2. The van der Waals surface area contributed by atoms with Crippen molar-refractivity contribution in [3.63, 3.8) is 0 Å². The maximum atomic E-state index is 6.40. The molecule has 4 heteroatoms. The van der Waals surface area contributed by atoms with Crippen LogP contribution in [-0.4, -0.2) is 0 Å². The van der Waals surface area contributed by atoms with Gasteiger partial charge in [-0.15, -0.1) is 0 Å². The zero-order valence-electron chi connectivity index (χ0n) is 10.7. The van der Waals surface area contributed by atoms with Crippen molar-refractivity contribution < 1.29 is 0 Å². The van der Waals surface area contributed by atoms with Crippen LogP contribution in [0.15, 0.2) is 39.3 Å². The molecule has 0 aliphatic carbocycles. The topological polar surface area (TPSA) is 26.0 Å². The number of hydrogen-bond donors (Lipinski definition) is 1. The molecule has 2 aromatic carbocycles. The fraction of sp³-hybridized carbons (Fsp3) is 0.200. The van der Waals surface area contributed by atoms with E-state index in [-0.39, 0.29) is 6.04 Å². The molecule has 0 heterocycles. The van der Waals surface area contributed by atoms with Crippen LogP contribution in [0.1, 0.15) is 28.3 Å². The number of hydrogen-bond acceptors (Lipinski definition) is 1. The molecule has 0 spiro atoms. The number of rotatable bonds is 2. The molecule has 0 amide bonds. The van der Waals surface area contributed by atoms with Gasteiger partial charge in [0.1, 0.15) is 0 Å². The van der Waals surface area contributed by atoms with E-state index in [0.29, 0.717) is 5.02 Å². The summed E-state index contributed by atoms with van der Waals surface area (Å²) in [6.07, 6.45) is 0. The first-order chi connectivity index (χ1) is 8.90. The van der Waals surface area contributed by atoms with Gasteiger partial charge in [0, 0.05) is 14.0 Å². The second-order valence-electron chi connectivity index (χ2n) is 4.60. The van der Waals surface area contributed by atoms with E-state index < -0.39 is 0 Å². The Morgan fingerprint density at radius 3 is 2.26 bits per heavy atom. The third-order valence-electron chi connectivity index (χ3n) is 3.18. The molecule has 0 aromatic heterocycles. The predicted molar refractivity (Wildman–Crippen MR) is 88.8 cm³/mol. The van der Waals surface area contributed by atoms with Gasteiger partial charge in [-0.1, -0.05) is 55.6 Å². The lowest BCUT2D eigenvalue weighted by Crippen LogP contribution is -2.14. The summed E-state index contributed by atoms with van der Waals surface area (Å²) in [7, 11) is 0. The Hall–Kier alpha value is -0.350. The Labute approximate surface area is 135 Å². The van der Waals surface area contributed by atoms with Gasteiger partial charge in [0.05, 0.1) is 6.04 Å². The van der Waals surface area contributed by atoms with Crippen LogP contribution < -0.4 is 5.73 Å². The van der Waals surface area contributed by atoms with Crippen LogP contribution >= 0.6 is 43.5 Å². The summed E-state index contributed by atoms with van der Waals surface area (Å²) in [5, 5.41) is 0.700. The van der Waals surface area contributed by atoms with Crippen molar-refractivity contribution in [2.45, 2.75) is 19.9 Å². The zero-order chi connectivity index (χ0) is 14.2. The molecule has 1 nitrogen and oxygen atoms in total. The minimum absolute atomic E-state index is 0.168. The minimum Gasteiger partial charge on any atom is -0.320 e. The van der Waals surface area contributed by atoms with Gasteiger partial charge in [0.15, 0.2) is 0 Å². The van der Waals surface area contributed by atoms with Crippen molar-refractivity contribution in [3.8, 4) is 0 Å². The van der Waals surface area contributed by atoms with Crippen LogP contribution in [0.5, 0.6) is 0 Å². The second kappa shape index (κ2) is 5.96. The van der Waals surface area contributed by atoms with E-state index >= 15 is 0 Å². The summed E-state index contributed by atoms with van der Waals surface area (Å²) >= 11 is 13.0. The summed E-state index contributed by atoms with van der Waals surface area (Å²) in [6, 6.07) is 9.77. The SMILES string of the molecule is Cc1cc(C(N)c2ccc(Cl)cc2Br)c(C)cc1Br. The van der Waals surface area contributed by atoms with E-state index in [4.69, 9.17) is 17.3 Å². The lowest BCUT2D eigenvalue weighted by molar-refractivity contribution is 0.854. The summed E-state index contributed by atoms with van der Waals surface area (Å²) in [5.41, 5.74) is 10.9. The number of benzene rings is 2. The number of halogens is 3. The van der Waals surface area contributed by atoms with Crippen LogP contribution in [0.2, 0.25) is 5.02 Å². The standard InChI is InChI=1S/C15H14Br2ClN/c1-8-6-13(16)9(2)5-12(8)15(19)11-4-3-10(18)7-14(11)17/h3-7,15H,19H2,1-2H3. The first-order valence-electron chi connectivity index (χ1n) is 5.87. The molecule has 0 aliphatic heterocycles. The molecule has 2 N–H and O–H groups in total. The van der Waals surface area contributed by atoms with Crippen molar-refractivity contribution >= 4 is 43.5 Å². The van der Waals surface area contributed by atoms with Gasteiger partial charge in [-0.3, -0.25) is 0 Å². The predicted octanol–water partition coefficient (Wildman–Crippen LogP) is 5.53. The normalized spacial score (nSPS) is 12.5. The van der Waals surface area contributed by atoms with E-state index in [0.717, 1.165) is 20.1 Å².